The van der Waals surface area contributed by atoms with E-state index < -0.39 is 5.97 Å². The van der Waals surface area contributed by atoms with Crippen LogP contribution in [0.15, 0.2) is 48.5 Å². The highest BCUT2D eigenvalue weighted by Crippen LogP contribution is 2.32. The fraction of sp³-hybridized carbons (Fsp3) is 0.300. The van der Waals surface area contributed by atoms with Crippen LogP contribution >= 0.6 is 0 Å². The first-order valence-electron chi connectivity index (χ1n) is 8.68. The molecule has 1 atom stereocenters. The summed E-state index contributed by atoms with van der Waals surface area (Å²) >= 11 is 0. The van der Waals surface area contributed by atoms with Gasteiger partial charge in [0.2, 0.25) is 0 Å². The average molecular weight is 356 g/mol. The molecule has 1 fully saturated rings. The fourth-order valence-corrected chi connectivity index (χ4v) is 3.17. The summed E-state index contributed by atoms with van der Waals surface area (Å²) in [7, 11) is 0. The van der Waals surface area contributed by atoms with Gasteiger partial charge in [0.1, 0.15) is 5.82 Å². The number of rotatable bonds is 4. The van der Waals surface area contributed by atoms with Crippen LogP contribution in [0.5, 0.6) is 0 Å². The molecule has 0 radical (unpaired) electrons. The lowest BCUT2D eigenvalue weighted by Gasteiger charge is -2.25. The predicted molar refractivity (Wildman–Crippen MR) is 96.5 cm³/mol. The number of hydrogen-bond donors (Lipinski definition) is 1. The number of urea groups is 1. The predicted octanol–water partition coefficient (Wildman–Crippen LogP) is 4.37. The first-order valence-corrected chi connectivity index (χ1v) is 8.68. The first-order chi connectivity index (χ1) is 12.6. The Balaban J connectivity index is 1.68. The summed E-state index contributed by atoms with van der Waals surface area (Å²) in [6.45, 7) is 2.68. The van der Waals surface area contributed by atoms with Gasteiger partial charge in [-0.05, 0) is 61.7 Å². The van der Waals surface area contributed by atoms with Crippen molar-refractivity contribution in [1.82, 2.24) is 4.90 Å². The number of amides is 2. The number of likely N-dealkylation sites (tertiary alicyclic amines) is 1. The Morgan fingerprint density at radius 1 is 1.23 bits per heavy atom. The molecule has 1 aliphatic rings. The Morgan fingerprint density at radius 3 is 2.69 bits per heavy atom. The second kappa shape index (κ2) is 7.99. The Bertz CT molecular complexity index is 792. The summed E-state index contributed by atoms with van der Waals surface area (Å²) in [5.41, 5.74) is 1.83. The minimum Gasteiger partial charge on any atom is -0.462 e. The van der Waals surface area contributed by atoms with E-state index >= 15 is 0 Å². The van der Waals surface area contributed by atoms with Gasteiger partial charge in [-0.15, -0.1) is 0 Å². The van der Waals surface area contributed by atoms with E-state index in [4.69, 9.17) is 4.74 Å². The van der Waals surface area contributed by atoms with Gasteiger partial charge in [-0.25, -0.2) is 14.0 Å². The summed E-state index contributed by atoms with van der Waals surface area (Å²) in [6, 6.07) is 12.6. The number of nitrogens with zero attached hydrogens (tertiary/aromatic N) is 1. The first kappa shape index (κ1) is 17.9. The van der Waals surface area contributed by atoms with Crippen molar-refractivity contribution in [2.75, 3.05) is 18.5 Å². The molecule has 2 amide bonds. The molecule has 1 saturated heterocycles. The van der Waals surface area contributed by atoms with Crippen molar-refractivity contribution >= 4 is 17.7 Å². The van der Waals surface area contributed by atoms with Gasteiger partial charge in [-0.2, -0.15) is 0 Å². The van der Waals surface area contributed by atoms with Crippen molar-refractivity contribution in [3.63, 3.8) is 0 Å². The molecule has 26 heavy (non-hydrogen) atoms. The van der Waals surface area contributed by atoms with E-state index in [2.05, 4.69) is 5.32 Å². The Kier molecular flexibility index (Phi) is 5.51. The molecule has 0 unspecified atom stereocenters. The van der Waals surface area contributed by atoms with Crippen LogP contribution in [0.1, 0.15) is 41.7 Å². The number of carbonyl (C=O) groups is 2. The number of hydrogen-bond acceptors (Lipinski definition) is 3. The van der Waals surface area contributed by atoms with Crippen molar-refractivity contribution < 1.29 is 18.7 Å². The van der Waals surface area contributed by atoms with Gasteiger partial charge in [0, 0.05) is 12.2 Å². The Morgan fingerprint density at radius 2 is 2.00 bits per heavy atom. The third-order valence-corrected chi connectivity index (χ3v) is 4.39. The minimum atomic E-state index is -0.393. The summed E-state index contributed by atoms with van der Waals surface area (Å²) in [5.74, 6) is -0.694. The summed E-state index contributed by atoms with van der Waals surface area (Å²) < 4.78 is 18.4. The number of anilines is 1. The molecular formula is C20H21FN2O3. The monoisotopic (exact) mass is 356 g/mol. The van der Waals surface area contributed by atoms with Gasteiger partial charge >= 0.3 is 12.0 Å². The highest BCUT2D eigenvalue weighted by molar-refractivity contribution is 5.92. The molecule has 0 aliphatic carbocycles. The molecule has 0 spiro atoms. The molecule has 1 heterocycles. The van der Waals surface area contributed by atoms with Gasteiger partial charge in [0.25, 0.3) is 0 Å². The van der Waals surface area contributed by atoms with Crippen LogP contribution in [0.25, 0.3) is 0 Å². The van der Waals surface area contributed by atoms with E-state index in [1.165, 1.54) is 12.1 Å². The SMILES string of the molecule is CCOC(=O)c1ccc(NC(=O)N2CCC[C@H]2c2cccc(F)c2)cc1. The van der Waals surface area contributed by atoms with Crippen LogP contribution in [-0.4, -0.2) is 30.1 Å². The molecule has 0 bridgehead atoms. The molecular weight excluding hydrogens is 335 g/mol. The van der Waals surface area contributed by atoms with E-state index in [1.54, 1.807) is 42.2 Å². The molecule has 6 heteroatoms. The normalized spacial score (nSPS) is 16.4. The lowest BCUT2D eigenvalue weighted by atomic mass is 10.0. The lowest BCUT2D eigenvalue weighted by molar-refractivity contribution is 0.0526. The zero-order chi connectivity index (χ0) is 18.5. The van der Waals surface area contributed by atoms with E-state index in [9.17, 15) is 14.0 Å². The molecule has 5 nitrogen and oxygen atoms in total. The van der Waals surface area contributed by atoms with Crippen molar-refractivity contribution in [2.24, 2.45) is 0 Å². The van der Waals surface area contributed by atoms with E-state index in [0.29, 0.717) is 24.4 Å². The van der Waals surface area contributed by atoms with Crippen molar-refractivity contribution in [2.45, 2.75) is 25.8 Å². The lowest BCUT2D eigenvalue weighted by Crippen LogP contribution is -2.34. The average Bonchev–Trinajstić information content (AvgIpc) is 3.12. The number of benzene rings is 2. The van der Waals surface area contributed by atoms with Crippen LogP contribution in [0.3, 0.4) is 0 Å². The third kappa shape index (κ3) is 4.02. The topological polar surface area (TPSA) is 58.6 Å². The van der Waals surface area contributed by atoms with Gasteiger partial charge < -0.3 is 15.0 Å². The number of nitrogens with one attached hydrogen (secondary N) is 1. The van der Waals surface area contributed by atoms with Crippen molar-refractivity contribution in [1.29, 1.82) is 0 Å². The smallest absolute Gasteiger partial charge is 0.338 e. The van der Waals surface area contributed by atoms with Crippen molar-refractivity contribution in [3.05, 3.63) is 65.5 Å². The Hall–Kier alpha value is -2.89. The highest BCUT2D eigenvalue weighted by Gasteiger charge is 2.30. The molecule has 1 N–H and O–H groups in total. The molecule has 2 aromatic rings. The maximum absolute atomic E-state index is 13.5. The molecule has 136 valence electrons. The number of halogens is 1. The third-order valence-electron chi connectivity index (χ3n) is 4.39. The molecule has 1 aliphatic heterocycles. The maximum atomic E-state index is 13.5. The Labute approximate surface area is 151 Å². The van der Waals surface area contributed by atoms with E-state index in [-0.39, 0.29) is 17.9 Å². The van der Waals surface area contributed by atoms with Crippen LogP contribution in [-0.2, 0) is 4.74 Å². The molecule has 0 aromatic heterocycles. The van der Waals surface area contributed by atoms with E-state index in [1.807, 2.05) is 6.07 Å². The zero-order valence-corrected chi connectivity index (χ0v) is 14.6. The fourth-order valence-electron chi connectivity index (χ4n) is 3.17. The van der Waals surface area contributed by atoms with Gasteiger partial charge in [0.05, 0.1) is 18.2 Å². The molecule has 2 aromatic carbocycles. The summed E-state index contributed by atoms with van der Waals surface area (Å²) in [4.78, 5) is 26.0. The van der Waals surface area contributed by atoms with Gasteiger partial charge in [-0.1, -0.05) is 12.1 Å². The number of carbonyl (C=O) groups excluding carboxylic acids is 2. The minimum absolute atomic E-state index is 0.135. The maximum Gasteiger partial charge on any atom is 0.338 e. The van der Waals surface area contributed by atoms with Crippen LogP contribution in [0.4, 0.5) is 14.9 Å². The van der Waals surface area contributed by atoms with Crippen LogP contribution in [0.2, 0.25) is 0 Å². The van der Waals surface area contributed by atoms with E-state index in [0.717, 1.165) is 18.4 Å². The summed E-state index contributed by atoms with van der Waals surface area (Å²) in [5, 5.41) is 2.84. The van der Waals surface area contributed by atoms with Crippen LogP contribution in [0, 0.1) is 5.82 Å². The molecule has 0 saturated carbocycles. The number of ether oxygens (including phenoxy) is 1. The van der Waals surface area contributed by atoms with Crippen LogP contribution < -0.4 is 5.32 Å². The highest BCUT2D eigenvalue weighted by atomic mass is 19.1. The largest absolute Gasteiger partial charge is 0.462 e. The number of esters is 1. The second-order valence-corrected chi connectivity index (χ2v) is 6.13. The molecule has 3 rings (SSSR count). The quantitative estimate of drug-likeness (QED) is 0.828. The van der Waals surface area contributed by atoms with Gasteiger partial charge in [-0.3, -0.25) is 0 Å². The standard InChI is InChI=1S/C20H21FN2O3/c1-2-26-19(24)14-8-10-17(11-9-14)22-20(25)23-12-4-7-18(23)15-5-3-6-16(21)13-15/h3,5-6,8-11,13,18H,2,4,7,12H2,1H3,(H,22,25)/t18-/m0/s1. The second-order valence-electron chi connectivity index (χ2n) is 6.13. The van der Waals surface area contributed by atoms with Crippen molar-refractivity contribution in [3.8, 4) is 0 Å². The van der Waals surface area contributed by atoms with Gasteiger partial charge in [0.15, 0.2) is 0 Å². The summed E-state index contributed by atoms with van der Waals surface area (Å²) in [6.07, 6.45) is 1.68. The zero-order valence-electron chi connectivity index (χ0n) is 14.6.